The first-order chi connectivity index (χ1) is 9.11. The molecule has 0 bridgehead atoms. The maximum absolute atomic E-state index is 12.1. The van der Waals surface area contributed by atoms with Crippen LogP contribution in [0, 0.1) is 0 Å². The Bertz CT molecular complexity index is 473. The molecule has 1 fully saturated rings. The summed E-state index contributed by atoms with van der Waals surface area (Å²) in [4.78, 5) is 12.1. The number of nitrogens with two attached hydrogens (primary N) is 1. The molecule has 1 amide bonds. The highest BCUT2D eigenvalue weighted by molar-refractivity contribution is 6.33. The van der Waals surface area contributed by atoms with Crippen LogP contribution < -0.4 is 21.1 Å². The summed E-state index contributed by atoms with van der Waals surface area (Å²) in [5, 5.41) is 6.55. The number of hydrogen-bond donors (Lipinski definition) is 3. The summed E-state index contributed by atoms with van der Waals surface area (Å²) < 4.78 is 5.16. The van der Waals surface area contributed by atoms with E-state index < -0.39 is 0 Å². The topological polar surface area (TPSA) is 76.4 Å². The van der Waals surface area contributed by atoms with E-state index in [0.717, 1.165) is 19.4 Å². The second kappa shape index (κ2) is 6.12. The van der Waals surface area contributed by atoms with E-state index in [2.05, 4.69) is 10.6 Å². The molecule has 6 heteroatoms. The van der Waals surface area contributed by atoms with Gasteiger partial charge >= 0.3 is 0 Å². The average molecular weight is 284 g/mol. The lowest BCUT2D eigenvalue weighted by Crippen LogP contribution is -2.37. The van der Waals surface area contributed by atoms with Crippen LogP contribution in [0.4, 0.5) is 5.69 Å². The molecule has 1 heterocycles. The van der Waals surface area contributed by atoms with Crippen molar-refractivity contribution in [1.29, 1.82) is 0 Å². The highest BCUT2D eigenvalue weighted by atomic mass is 35.5. The van der Waals surface area contributed by atoms with Gasteiger partial charge in [-0.3, -0.25) is 4.79 Å². The number of carbonyl (C=O) groups excluding carboxylic acids is 1. The number of anilines is 1. The van der Waals surface area contributed by atoms with Gasteiger partial charge in [0.2, 0.25) is 0 Å². The molecule has 1 unspecified atom stereocenters. The molecule has 2 rings (SSSR count). The van der Waals surface area contributed by atoms with Crippen LogP contribution in [-0.2, 0) is 0 Å². The summed E-state index contributed by atoms with van der Waals surface area (Å²) in [5.41, 5.74) is 6.48. The lowest BCUT2D eigenvalue weighted by Gasteiger charge is -2.14. The minimum atomic E-state index is -0.201. The van der Waals surface area contributed by atoms with Crippen molar-refractivity contribution in [2.24, 2.45) is 0 Å². The van der Waals surface area contributed by atoms with Gasteiger partial charge in [-0.2, -0.15) is 0 Å². The third-order valence-corrected chi connectivity index (χ3v) is 3.56. The molecular formula is C13H18ClN3O2. The Kier molecular flexibility index (Phi) is 4.50. The summed E-state index contributed by atoms with van der Waals surface area (Å²) in [6, 6.07) is 3.44. The van der Waals surface area contributed by atoms with Crippen LogP contribution in [0.1, 0.15) is 23.2 Å². The first kappa shape index (κ1) is 14.0. The zero-order valence-electron chi connectivity index (χ0n) is 10.8. The van der Waals surface area contributed by atoms with Gasteiger partial charge < -0.3 is 21.1 Å². The Hall–Kier alpha value is -1.46. The predicted molar refractivity (Wildman–Crippen MR) is 75.8 cm³/mol. The number of ether oxygens (including phenoxy) is 1. The third-order valence-electron chi connectivity index (χ3n) is 3.23. The molecule has 0 saturated carbocycles. The maximum atomic E-state index is 12.1. The zero-order chi connectivity index (χ0) is 13.8. The Labute approximate surface area is 117 Å². The molecule has 1 saturated heterocycles. The molecule has 1 aromatic carbocycles. The molecule has 1 aromatic rings. The zero-order valence-corrected chi connectivity index (χ0v) is 11.6. The molecule has 1 atom stereocenters. The third kappa shape index (κ3) is 3.30. The second-order valence-corrected chi connectivity index (χ2v) is 4.98. The average Bonchev–Trinajstić information content (AvgIpc) is 2.91. The van der Waals surface area contributed by atoms with Crippen LogP contribution in [0.2, 0.25) is 5.02 Å². The molecule has 0 spiro atoms. The highest BCUT2D eigenvalue weighted by Gasteiger charge is 2.18. The van der Waals surface area contributed by atoms with Gasteiger partial charge in [-0.1, -0.05) is 11.6 Å². The van der Waals surface area contributed by atoms with E-state index >= 15 is 0 Å². The Morgan fingerprint density at radius 1 is 1.63 bits per heavy atom. The summed E-state index contributed by atoms with van der Waals surface area (Å²) in [6.07, 6.45) is 2.23. The van der Waals surface area contributed by atoms with Crippen molar-refractivity contribution in [3.63, 3.8) is 0 Å². The smallest absolute Gasteiger partial charge is 0.255 e. The fraction of sp³-hybridized carbons (Fsp3) is 0.462. The lowest BCUT2D eigenvalue weighted by molar-refractivity contribution is 0.0947. The number of rotatable bonds is 4. The van der Waals surface area contributed by atoms with Crippen molar-refractivity contribution in [2.45, 2.75) is 18.9 Å². The fourth-order valence-electron chi connectivity index (χ4n) is 2.16. The van der Waals surface area contributed by atoms with Gasteiger partial charge in [-0.15, -0.1) is 0 Å². The van der Waals surface area contributed by atoms with Crippen molar-refractivity contribution in [1.82, 2.24) is 10.6 Å². The number of amides is 1. The van der Waals surface area contributed by atoms with E-state index in [1.54, 1.807) is 6.07 Å². The number of hydrogen-bond acceptors (Lipinski definition) is 4. The van der Waals surface area contributed by atoms with Crippen molar-refractivity contribution in [3.05, 3.63) is 22.7 Å². The van der Waals surface area contributed by atoms with Crippen molar-refractivity contribution < 1.29 is 9.53 Å². The molecule has 4 N–H and O–H groups in total. The number of methoxy groups -OCH3 is 1. The van der Waals surface area contributed by atoms with Crippen molar-refractivity contribution in [3.8, 4) is 5.75 Å². The van der Waals surface area contributed by atoms with E-state index in [4.69, 9.17) is 22.1 Å². The van der Waals surface area contributed by atoms with Crippen LogP contribution in [0.15, 0.2) is 12.1 Å². The van der Waals surface area contributed by atoms with Gasteiger partial charge in [0.1, 0.15) is 5.75 Å². The Morgan fingerprint density at radius 3 is 3.05 bits per heavy atom. The van der Waals surface area contributed by atoms with E-state index in [-0.39, 0.29) is 5.91 Å². The monoisotopic (exact) mass is 283 g/mol. The Morgan fingerprint density at radius 2 is 2.42 bits per heavy atom. The quantitative estimate of drug-likeness (QED) is 0.731. The Balaban J connectivity index is 2.07. The van der Waals surface area contributed by atoms with E-state index in [9.17, 15) is 4.79 Å². The van der Waals surface area contributed by atoms with Crippen LogP contribution in [0.5, 0.6) is 5.75 Å². The standard InChI is InChI=1S/C13H18ClN3O2/c1-19-12-6-11(15)10(14)5-9(12)13(18)17-7-8-3-2-4-16-8/h5-6,8,16H,2-4,7,15H2,1H3,(H,17,18). The van der Waals surface area contributed by atoms with Gasteiger partial charge in [0, 0.05) is 18.7 Å². The molecule has 5 nitrogen and oxygen atoms in total. The van der Waals surface area contributed by atoms with Crippen LogP contribution in [0.3, 0.4) is 0 Å². The van der Waals surface area contributed by atoms with Crippen molar-refractivity contribution in [2.75, 3.05) is 25.9 Å². The van der Waals surface area contributed by atoms with E-state index in [1.165, 1.54) is 13.2 Å². The predicted octanol–water partition coefficient (Wildman–Crippen LogP) is 1.41. The molecule has 0 aromatic heterocycles. The van der Waals surface area contributed by atoms with Crippen LogP contribution >= 0.6 is 11.6 Å². The summed E-state index contributed by atoms with van der Waals surface area (Å²) >= 11 is 5.94. The second-order valence-electron chi connectivity index (χ2n) is 4.58. The summed E-state index contributed by atoms with van der Waals surface area (Å²) in [7, 11) is 1.50. The summed E-state index contributed by atoms with van der Waals surface area (Å²) in [5.74, 6) is 0.228. The number of halogens is 1. The molecule has 104 valence electrons. The van der Waals surface area contributed by atoms with E-state index in [0.29, 0.717) is 34.6 Å². The van der Waals surface area contributed by atoms with Crippen LogP contribution in [-0.4, -0.2) is 32.1 Å². The fourth-order valence-corrected chi connectivity index (χ4v) is 2.32. The molecular weight excluding hydrogens is 266 g/mol. The van der Waals surface area contributed by atoms with Gasteiger partial charge in [0.25, 0.3) is 5.91 Å². The molecule has 19 heavy (non-hydrogen) atoms. The maximum Gasteiger partial charge on any atom is 0.255 e. The van der Waals surface area contributed by atoms with Gasteiger partial charge in [0.05, 0.1) is 23.4 Å². The van der Waals surface area contributed by atoms with Gasteiger partial charge in [0.15, 0.2) is 0 Å². The first-order valence-electron chi connectivity index (χ1n) is 6.26. The molecule has 1 aliphatic rings. The number of nitrogens with one attached hydrogen (secondary N) is 2. The number of carbonyl (C=O) groups is 1. The number of benzene rings is 1. The molecule has 0 radical (unpaired) electrons. The largest absolute Gasteiger partial charge is 0.496 e. The van der Waals surface area contributed by atoms with Gasteiger partial charge in [-0.05, 0) is 25.5 Å². The van der Waals surface area contributed by atoms with Gasteiger partial charge in [-0.25, -0.2) is 0 Å². The lowest BCUT2D eigenvalue weighted by atomic mass is 10.1. The van der Waals surface area contributed by atoms with E-state index in [1.807, 2.05) is 0 Å². The summed E-state index contributed by atoms with van der Waals surface area (Å²) in [6.45, 7) is 1.61. The van der Waals surface area contributed by atoms with Crippen LogP contribution in [0.25, 0.3) is 0 Å². The number of nitrogen functional groups attached to an aromatic ring is 1. The molecule has 1 aliphatic heterocycles. The van der Waals surface area contributed by atoms with Crippen molar-refractivity contribution >= 4 is 23.2 Å². The highest BCUT2D eigenvalue weighted by Crippen LogP contribution is 2.28. The first-order valence-corrected chi connectivity index (χ1v) is 6.64. The normalized spacial score (nSPS) is 18.3. The molecule has 0 aliphatic carbocycles. The SMILES string of the molecule is COc1cc(N)c(Cl)cc1C(=O)NCC1CCCN1. The minimum Gasteiger partial charge on any atom is -0.496 e. The minimum absolute atomic E-state index is 0.201.